The first kappa shape index (κ1) is 126. The number of nitriles is 1. The average Bonchev–Trinajstić information content (AvgIpc) is 0.832. The van der Waals surface area contributed by atoms with Crippen LogP contribution < -0.4 is 19.9 Å². The van der Waals surface area contributed by atoms with Gasteiger partial charge in [0.05, 0.1) is 36.0 Å². The second-order valence-corrected chi connectivity index (χ2v) is 38.1. The summed E-state index contributed by atoms with van der Waals surface area (Å²) in [5.41, 5.74) is 41.4. The molecule has 6 N–H and O–H groups in total. The van der Waals surface area contributed by atoms with Crippen molar-refractivity contribution < 1.29 is 63.9 Å². The van der Waals surface area contributed by atoms with Crippen molar-refractivity contribution in [1.29, 1.82) is 5.26 Å². The van der Waals surface area contributed by atoms with Crippen molar-refractivity contribution in [3.63, 3.8) is 0 Å². The number of benzene rings is 7. The lowest BCUT2D eigenvalue weighted by atomic mass is 8.46. The van der Waals surface area contributed by atoms with Crippen LogP contribution in [-0.2, 0) is 94.6 Å². The van der Waals surface area contributed by atoms with Gasteiger partial charge in [-0.3, -0.25) is 43.5 Å². The third kappa shape index (κ3) is 49.5. The number of rotatable bonds is 25. The van der Waals surface area contributed by atoms with Crippen molar-refractivity contribution >= 4 is 179 Å². The molecule has 0 aromatic heterocycles. The Kier molecular flexibility index (Phi) is 58.4. The molecule has 11 rings (SSSR count). The highest BCUT2D eigenvalue weighted by atomic mass is 32.2. The first-order chi connectivity index (χ1) is 65.9. The van der Waals surface area contributed by atoms with E-state index in [1.165, 1.54) is 23.8 Å². The molecule has 4 aliphatic heterocycles. The highest BCUT2D eigenvalue weighted by Gasteiger charge is 2.38. The van der Waals surface area contributed by atoms with Crippen LogP contribution in [-0.4, -0.2) is 335 Å². The van der Waals surface area contributed by atoms with Gasteiger partial charge < -0.3 is 30.0 Å². The number of hydrogen-bond donors (Lipinski definition) is 5. The zero-order valence-corrected chi connectivity index (χ0v) is 81.8. The van der Waals surface area contributed by atoms with Gasteiger partial charge in [0.1, 0.15) is 0 Å². The molecule has 4 heterocycles. The summed E-state index contributed by atoms with van der Waals surface area (Å²) < 4.78 is 67.3. The highest BCUT2D eigenvalue weighted by Crippen LogP contribution is 2.24. The number of nitrogens with zero attached hydrogens (tertiary/aromatic N) is 8. The molecule has 0 saturated carbocycles. The number of sulfonamides is 3. The number of amides is 6. The van der Waals surface area contributed by atoms with Gasteiger partial charge in [0, 0.05) is 268 Å². The predicted octanol–water partition coefficient (Wildman–Crippen LogP) is 4.80. The van der Waals surface area contributed by atoms with E-state index >= 15 is 0 Å². The van der Waals surface area contributed by atoms with Crippen LogP contribution in [0.4, 0.5) is 0 Å². The molecule has 142 heavy (non-hydrogen) atoms. The predicted molar refractivity (Wildman–Crippen MR) is 582 cm³/mol. The number of carbonyl (C=O) groups excluding carboxylic acids is 6. The molecular weight excluding hydrogens is 1830 g/mol. The normalized spacial score (nSPS) is 14.9. The Bertz CT molecular complexity index is 6120. The van der Waals surface area contributed by atoms with Crippen molar-refractivity contribution in [1.82, 2.24) is 49.1 Å². The number of aromatic carboxylic acids is 1. The van der Waals surface area contributed by atoms with E-state index in [0.717, 1.165) is 139 Å². The van der Waals surface area contributed by atoms with Gasteiger partial charge in [-0.05, 0) is 189 Å². The lowest BCUT2D eigenvalue weighted by Gasteiger charge is -2.41. The van der Waals surface area contributed by atoms with Crippen LogP contribution in [0.25, 0.3) is 0 Å². The lowest BCUT2D eigenvalue weighted by molar-refractivity contribution is -0.134. The quantitative estimate of drug-likeness (QED) is 0.0379. The van der Waals surface area contributed by atoms with E-state index in [1.54, 1.807) is 76.2 Å². The molecule has 4 aliphatic rings. The summed E-state index contributed by atoms with van der Waals surface area (Å²) >= 11 is 0. The van der Waals surface area contributed by atoms with E-state index in [-0.39, 0.29) is 86.8 Å². The van der Waals surface area contributed by atoms with Crippen molar-refractivity contribution in [3.05, 3.63) is 337 Å². The Morgan fingerprint density at radius 3 is 0.937 bits per heavy atom. The maximum absolute atomic E-state index is 12.1. The molecule has 4 saturated heterocycles. The Morgan fingerprint density at radius 2 is 0.683 bits per heavy atom. The Balaban J connectivity index is 0.000000576. The van der Waals surface area contributed by atoms with E-state index in [9.17, 15) is 58.8 Å². The third-order valence-corrected chi connectivity index (χ3v) is 22.9. The molecule has 715 valence electrons. The summed E-state index contributed by atoms with van der Waals surface area (Å²) in [5, 5.41) is 25.6. The van der Waals surface area contributed by atoms with E-state index < -0.39 is 86.2 Å². The van der Waals surface area contributed by atoms with Gasteiger partial charge >= 0.3 is 5.97 Å². The Hall–Kier alpha value is -12.2. The summed E-state index contributed by atoms with van der Waals surface area (Å²) in [7, 11) is 35.4. The molecule has 4 fully saturated rings. The van der Waals surface area contributed by atoms with Gasteiger partial charge in [0.15, 0.2) is 0 Å². The molecule has 0 aliphatic carbocycles. The minimum atomic E-state index is -3.60. The average molecular weight is 1940 g/mol. The van der Waals surface area contributed by atoms with E-state index in [4.69, 9.17) is 72.3 Å². The van der Waals surface area contributed by atoms with Crippen molar-refractivity contribution in [2.75, 3.05) is 97.3 Å². The van der Waals surface area contributed by atoms with E-state index in [0.29, 0.717) is 31.5 Å². The minimum absolute atomic E-state index is 0. The van der Waals surface area contributed by atoms with E-state index in [2.05, 4.69) is 167 Å². The molecule has 26 nitrogen and oxygen atoms in total. The second kappa shape index (κ2) is 65.8. The van der Waals surface area contributed by atoms with Gasteiger partial charge in [0.2, 0.25) is 53.7 Å². The monoisotopic (exact) mass is 1950 g/mol. The fourth-order valence-electron chi connectivity index (χ4n) is 15.5. The van der Waals surface area contributed by atoms with Crippen LogP contribution in [0.1, 0.15) is 126 Å². The SMILES string of the molecule is C.C.C.C=C=C=C=C=C=C=C=C=C=C=C=C=C=C.CC(=O)N1CCN(Cc2ccccc2)C[C@H]1Cc1ccc(C#N)cc1.CC(=O)N1CCN(Cc2ccccc2)C[C@H]1Cc1ccc(C(=O)NS(C)(=O)=O)cc1.CC(=O)N1CCN(Cc2ccccc2)C[C@H]1Cc1ccc(C(=O)O)cc1.CC(=O)N1CCNC[C@H]1Cc1ccc(C(=O)NS(C)(=O)=O)cc1.CS(N)(=O)=O.[B][B]B([B])B(B([B])[B])B(B([B])[B])B([B])[B]. The fraction of sp³-hybridized carbons (Fsp3) is 0.337. The van der Waals surface area contributed by atoms with Gasteiger partial charge in [-0.15, -0.1) is 0 Å². The molecule has 0 bridgehead atoms. The molecule has 0 unspecified atom stereocenters. The zero-order valence-electron chi connectivity index (χ0n) is 79.4. The summed E-state index contributed by atoms with van der Waals surface area (Å²) in [5.74, 6) is -1.88. The van der Waals surface area contributed by atoms with Crippen LogP contribution in [0.15, 0.2) is 276 Å². The maximum atomic E-state index is 12.1. The molecule has 0 spiro atoms. The molecule has 4 atom stereocenters. The van der Waals surface area contributed by atoms with Gasteiger partial charge in [-0.2, -0.15) is 5.26 Å². The smallest absolute Gasteiger partial charge is 0.335 e. The Morgan fingerprint density at radius 1 is 0.415 bits per heavy atom. The van der Waals surface area contributed by atoms with Crippen molar-refractivity contribution in [2.24, 2.45) is 5.14 Å². The molecular formula is C98H116B15N12O14S3. The third-order valence-electron chi connectivity index (χ3n) is 21.8. The number of carbonyl (C=O) groups is 7. The maximum Gasteiger partial charge on any atom is 0.335 e. The number of hydrogen-bond acceptors (Lipinski definition) is 18. The molecule has 17 radical (unpaired) electrons. The van der Waals surface area contributed by atoms with Crippen molar-refractivity contribution in [2.45, 2.75) is 119 Å². The fourth-order valence-corrected chi connectivity index (χ4v) is 16.4. The molecule has 7 aromatic carbocycles. The molecule has 6 amide bonds. The number of carboxylic acids is 1. The number of primary sulfonamides is 1. The summed E-state index contributed by atoms with van der Waals surface area (Å²) in [6.45, 7) is 25.1. The lowest BCUT2D eigenvalue weighted by Crippen LogP contribution is -2.73. The Labute approximate surface area is 855 Å². The molecule has 7 aromatic rings. The second-order valence-electron chi connectivity index (χ2n) is 33.0. The minimum Gasteiger partial charge on any atom is -0.478 e. The number of nitrogens with one attached hydrogen (secondary N) is 3. The highest BCUT2D eigenvalue weighted by molar-refractivity contribution is 8.12. The number of carboxylic acid groups (broad SMARTS) is 1. The van der Waals surface area contributed by atoms with Gasteiger partial charge in [0.25, 0.3) is 11.8 Å². The topological polar surface area (TPSA) is 351 Å². The standard InChI is InChI=1S/C22H27N3O4S.C21H23N3O.C21H24N2O3.C15H21N3O4S.C15H4.CH5NO2S.3CH4.B15/c1-17(26)25-13-12-24(15-19-6-4-3-5-7-19)16-21(25)14-18-8-10-20(11-9-18)22(27)23-30(2,28)29;1-17(25)24-12-11-23(15-20-5-3-2-4-6-20)16-21(24)13-18-7-9-19(14-22)10-8-18;1-16(24)23-12-11-22(14-18-5-3-2-4-6-18)15-20(23)13-17-7-9-19(10-8-17)21(25)26;1-11(19)18-8-7-16-10-14(18)9-12-3-5-13(6-4-12)15(20)17-23(2,21)22;1-3-5-7-9-11-13-15-14-12-10-8-6-4-2;1-5(2,3)4;;;;1-9-13(8)15(12(6)7)14(10(2)3)11(4)5/h3-11,21H,12-16H2,1-2H3,(H,23,27);2-10,21H,11-13,15-16H2,1H3;2-10,20H,11-15H2,1H3,(H,25,26);3-6,14,16H,7-10H2,1-2H3,(H,17,20);1-2H2;1H3,(H2,2,3,4);3*1H4;/t2*21-;20-;14-;;;;;;/m1111....../s1. The van der Waals surface area contributed by atoms with Gasteiger partial charge in [-0.1, -0.05) is 173 Å². The largest absolute Gasteiger partial charge is 0.478 e. The van der Waals surface area contributed by atoms with Crippen molar-refractivity contribution in [3.8, 4) is 6.07 Å². The van der Waals surface area contributed by atoms with Crippen LogP contribution in [0.2, 0.25) is 0 Å². The first-order valence-electron chi connectivity index (χ1n) is 44.1. The number of nitrogens with two attached hydrogens (primary N) is 1. The summed E-state index contributed by atoms with van der Waals surface area (Å²) in [6, 6.07) is 61.8. The van der Waals surface area contributed by atoms with Crippen LogP contribution in [0.3, 0.4) is 0 Å². The summed E-state index contributed by atoms with van der Waals surface area (Å²) in [4.78, 5) is 97.4. The van der Waals surface area contributed by atoms with Crippen LogP contribution in [0, 0.1) is 11.3 Å². The van der Waals surface area contributed by atoms with E-state index in [1.807, 2.05) is 120 Å². The first-order valence-corrected chi connectivity index (χ1v) is 49.9. The zero-order chi connectivity index (χ0) is 103. The van der Waals surface area contributed by atoms with Crippen LogP contribution >= 0.6 is 0 Å². The molecule has 44 heteroatoms. The number of piperazine rings is 4. The van der Waals surface area contributed by atoms with Crippen LogP contribution in [0.5, 0.6) is 0 Å². The summed E-state index contributed by atoms with van der Waals surface area (Å²) in [6.07, 6.45) is 1.94. The van der Waals surface area contributed by atoms with Gasteiger partial charge in [-0.25, -0.2) is 44.6 Å².